The zero-order chi connectivity index (χ0) is 11.5. The summed E-state index contributed by atoms with van der Waals surface area (Å²) in [4.78, 5) is 7.04. The fraction of sp³-hybridized carbons (Fsp3) is 0.417. The van der Waals surface area contributed by atoms with Gasteiger partial charge in [-0.05, 0) is 12.1 Å². The molecule has 0 spiro atoms. The van der Waals surface area contributed by atoms with Gasteiger partial charge in [-0.1, -0.05) is 0 Å². The molecule has 0 aromatic carbocycles. The molecule has 0 bridgehead atoms. The minimum atomic E-state index is 0. The molecule has 1 fully saturated rings. The third-order valence-corrected chi connectivity index (χ3v) is 3.78. The summed E-state index contributed by atoms with van der Waals surface area (Å²) < 4.78 is 5.35. The van der Waals surface area contributed by atoms with Crippen LogP contribution in [0.2, 0.25) is 0 Å². The van der Waals surface area contributed by atoms with Gasteiger partial charge in [0.05, 0.1) is 12.0 Å². The van der Waals surface area contributed by atoms with Crippen molar-refractivity contribution in [3.05, 3.63) is 29.5 Å². The minimum absolute atomic E-state index is 0. The molecule has 1 aliphatic rings. The predicted molar refractivity (Wildman–Crippen MR) is 82.5 cm³/mol. The second kappa shape index (κ2) is 7.87. The van der Waals surface area contributed by atoms with Crippen molar-refractivity contribution in [3.63, 3.8) is 0 Å². The lowest BCUT2D eigenvalue weighted by Gasteiger charge is -2.26. The van der Waals surface area contributed by atoms with Gasteiger partial charge < -0.3 is 9.73 Å². The van der Waals surface area contributed by atoms with E-state index in [-0.39, 0.29) is 24.8 Å². The number of piperazine rings is 1. The van der Waals surface area contributed by atoms with Crippen molar-refractivity contribution in [3.8, 4) is 10.8 Å². The third kappa shape index (κ3) is 4.19. The first kappa shape index (κ1) is 16.5. The highest BCUT2D eigenvalue weighted by Gasteiger charge is 2.13. The van der Waals surface area contributed by atoms with Crippen LogP contribution in [0.4, 0.5) is 0 Å². The largest absolute Gasteiger partial charge is 0.462 e. The molecule has 0 aliphatic carbocycles. The van der Waals surface area contributed by atoms with Gasteiger partial charge in [0.15, 0.2) is 10.8 Å². The Kier molecular flexibility index (Phi) is 6.82. The Hall–Kier alpha value is -0.590. The zero-order valence-corrected chi connectivity index (χ0v) is 12.8. The molecule has 0 radical (unpaired) electrons. The van der Waals surface area contributed by atoms with E-state index in [9.17, 15) is 0 Å². The normalized spacial score (nSPS) is 15.6. The topological polar surface area (TPSA) is 41.3 Å². The maximum atomic E-state index is 5.35. The molecule has 1 N–H and O–H groups in total. The molecule has 4 nitrogen and oxygen atoms in total. The van der Waals surface area contributed by atoms with E-state index < -0.39 is 0 Å². The van der Waals surface area contributed by atoms with Gasteiger partial charge in [0.2, 0.25) is 0 Å². The van der Waals surface area contributed by atoms with Gasteiger partial charge in [0, 0.05) is 38.1 Å². The van der Waals surface area contributed by atoms with Gasteiger partial charge >= 0.3 is 0 Å². The molecule has 3 heterocycles. The Labute approximate surface area is 129 Å². The number of rotatable bonds is 3. The highest BCUT2D eigenvalue weighted by molar-refractivity contribution is 7.13. The molecule has 1 aliphatic heterocycles. The highest BCUT2D eigenvalue weighted by atomic mass is 35.5. The van der Waals surface area contributed by atoms with Crippen molar-refractivity contribution in [1.82, 2.24) is 15.2 Å². The molecule has 2 aromatic heterocycles. The van der Waals surface area contributed by atoms with Gasteiger partial charge in [-0.2, -0.15) is 0 Å². The smallest absolute Gasteiger partial charge is 0.162 e. The van der Waals surface area contributed by atoms with E-state index in [2.05, 4.69) is 20.6 Å². The molecule has 0 saturated carbocycles. The van der Waals surface area contributed by atoms with Gasteiger partial charge in [-0.15, -0.1) is 36.2 Å². The van der Waals surface area contributed by atoms with Crippen molar-refractivity contribution in [1.29, 1.82) is 0 Å². The molecule has 106 valence electrons. The summed E-state index contributed by atoms with van der Waals surface area (Å²) in [5, 5.41) is 6.45. The number of furan rings is 1. The van der Waals surface area contributed by atoms with Crippen molar-refractivity contribution < 1.29 is 4.42 Å². The van der Waals surface area contributed by atoms with Crippen molar-refractivity contribution in [2.24, 2.45) is 0 Å². The zero-order valence-electron chi connectivity index (χ0n) is 10.4. The van der Waals surface area contributed by atoms with Crippen LogP contribution in [0.15, 0.2) is 28.2 Å². The van der Waals surface area contributed by atoms with Crippen LogP contribution in [0.25, 0.3) is 10.8 Å². The van der Waals surface area contributed by atoms with Crippen LogP contribution >= 0.6 is 36.2 Å². The monoisotopic (exact) mass is 321 g/mol. The minimum Gasteiger partial charge on any atom is -0.462 e. The van der Waals surface area contributed by atoms with E-state index in [4.69, 9.17) is 4.42 Å². The predicted octanol–water partition coefficient (Wildman–Crippen LogP) is 2.65. The standard InChI is InChI=1S/C12H15N3OS.2ClH/c1-2-11(16-7-1)12-14-10(9-17-12)8-15-5-3-13-4-6-15;;/h1-2,7,9,13H,3-6,8H2;2*1H. The number of nitrogens with one attached hydrogen (secondary N) is 1. The Morgan fingerprint density at radius 3 is 2.79 bits per heavy atom. The molecule has 0 atom stereocenters. The van der Waals surface area contributed by atoms with Crippen molar-refractivity contribution >= 4 is 36.2 Å². The van der Waals surface area contributed by atoms with Crippen LogP contribution in [0.1, 0.15) is 5.69 Å². The van der Waals surface area contributed by atoms with Crippen LogP contribution in [-0.2, 0) is 6.54 Å². The van der Waals surface area contributed by atoms with Gasteiger partial charge in [-0.3, -0.25) is 4.90 Å². The lowest BCUT2D eigenvalue weighted by atomic mass is 10.3. The lowest BCUT2D eigenvalue weighted by Crippen LogP contribution is -2.42. The second-order valence-electron chi connectivity index (χ2n) is 4.15. The molecule has 7 heteroatoms. The summed E-state index contributed by atoms with van der Waals surface area (Å²) >= 11 is 1.65. The average molecular weight is 322 g/mol. The average Bonchev–Trinajstić information content (AvgIpc) is 3.00. The Balaban J connectivity index is 0.000000902. The Morgan fingerprint density at radius 2 is 2.11 bits per heavy atom. The van der Waals surface area contributed by atoms with Gasteiger partial charge in [0.25, 0.3) is 0 Å². The number of hydrogen-bond acceptors (Lipinski definition) is 5. The van der Waals surface area contributed by atoms with Crippen LogP contribution in [0.5, 0.6) is 0 Å². The second-order valence-corrected chi connectivity index (χ2v) is 5.01. The highest BCUT2D eigenvalue weighted by Crippen LogP contribution is 2.24. The van der Waals surface area contributed by atoms with Crippen LogP contribution in [0.3, 0.4) is 0 Å². The SMILES string of the molecule is Cl.Cl.c1coc(-c2nc(CN3CCNCC3)cs2)c1. The van der Waals surface area contributed by atoms with E-state index >= 15 is 0 Å². The van der Waals surface area contributed by atoms with Crippen molar-refractivity contribution in [2.75, 3.05) is 26.2 Å². The molecule has 2 aromatic rings. The maximum absolute atomic E-state index is 5.35. The summed E-state index contributed by atoms with van der Waals surface area (Å²) in [6.45, 7) is 5.31. The number of hydrogen-bond donors (Lipinski definition) is 1. The molecule has 1 saturated heterocycles. The lowest BCUT2D eigenvalue weighted by molar-refractivity contribution is 0.231. The quantitative estimate of drug-likeness (QED) is 0.943. The fourth-order valence-electron chi connectivity index (χ4n) is 1.99. The Bertz CT molecular complexity index is 469. The van der Waals surface area contributed by atoms with Crippen LogP contribution < -0.4 is 5.32 Å². The summed E-state index contributed by atoms with van der Waals surface area (Å²) in [5.41, 5.74) is 1.14. The van der Waals surface area contributed by atoms with E-state index in [0.717, 1.165) is 49.2 Å². The summed E-state index contributed by atoms with van der Waals surface area (Å²) in [6.07, 6.45) is 1.69. The van der Waals surface area contributed by atoms with Crippen LogP contribution in [-0.4, -0.2) is 36.1 Å². The van der Waals surface area contributed by atoms with Gasteiger partial charge in [0.1, 0.15) is 0 Å². The number of halogens is 2. The molecule has 0 unspecified atom stereocenters. The van der Waals surface area contributed by atoms with E-state index in [1.54, 1.807) is 17.6 Å². The van der Waals surface area contributed by atoms with Gasteiger partial charge in [-0.25, -0.2) is 4.98 Å². The molecular weight excluding hydrogens is 305 g/mol. The number of aromatic nitrogens is 1. The maximum Gasteiger partial charge on any atom is 0.162 e. The van der Waals surface area contributed by atoms with E-state index in [1.165, 1.54) is 0 Å². The first-order chi connectivity index (χ1) is 8.42. The third-order valence-electron chi connectivity index (χ3n) is 2.88. The number of thiazole rings is 1. The van der Waals surface area contributed by atoms with Crippen molar-refractivity contribution in [2.45, 2.75) is 6.54 Å². The van der Waals surface area contributed by atoms with Crippen LogP contribution in [0, 0.1) is 0 Å². The first-order valence-corrected chi connectivity index (χ1v) is 6.71. The van der Waals surface area contributed by atoms with E-state index in [1.807, 2.05) is 12.1 Å². The summed E-state index contributed by atoms with van der Waals surface area (Å²) in [7, 11) is 0. The molecule has 19 heavy (non-hydrogen) atoms. The first-order valence-electron chi connectivity index (χ1n) is 5.83. The summed E-state index contributed by atoms with van der Waals surface area (Å²) in [5.74, 6) is 0.863. The number of nitrogens with zero attached hydrogens (tertiary/aromatic N) is 2. The fourth-order valence-corrected chi connectivity index (χ4v) is 2.77. The Morgan fingerprint density at radius 1 is 1.32 bits per heavy atom. The molecular formula is C12H17Cl2N3OS. The van der Waals surface area contributed by atoms with E-state index in [0.29, 0.717) is 0 Å². The summed E-state index contributed by atoms with van der Waals surface area (Å²) in [6, 6.07) is 3.85. The molecule has 3 rings (SSSR count). The molecule has 0 amide bonds.